The molecule has 0 N–H and O–H groups in total. The number of rotatable bonds is 5. The fraction of sp³-hybridized carbons (Fsp3) is 0.684. The zero-order valence-electron chi connectivity index (χ0n) is 13.2. The molecule has 2 saturated carbocycles. The number of hydrogen-bond donors (Lipinski definition) is 0. The Labute approximate surface area is 135 Å². The maximum Gasteiger partial charge on any atom is 0.00830 e. The minimum absolute atomic E-state index is 0.145. The van der Waals surface area contributed by atoms with Gasteiger partial charge in [-0.15, -0.1) is 11.3 Å². The summed E-state index contributed by atoms with van der Waals surface area (Å²) in [5.41, 5.74) is 2.10. The Hall–Kier alpha value is -0.130. The van der Waals surface area contributed by atoms with E-state index in [4.69, 9.17) is 0 Å². The normalized spacial score (nSPS) is 22.3. The number of allylic oxidation sites excluding steroid dienone is 1. The lowest BCUT2D eigenvalue weighted by atomic mass is 9.99. The van der Waals surface area contributed by atoms with Crippen LogP contribution in [0.4, 0.5) is 0 Å². The molecule has 1 aromatic heterocycles. The predicted molar refractivity (Wildman–Crippen MR) is 97.8 cm³/mol. The molecule has 0 radical (unpaired) electrons. The van der Waals surface area contributed by atoms with Crippen LogP contribution >= 0.6 is 19.3 Å². The summed E-state index contributed by atoms with van der Waals surface area (Å²) in [6.45, 7) is 0. The Morgan fingerprint density at radius 2 is 1.57 bits per heavy atom. The van der Waals surface area contributed by atoms with Gasteiger partial charge in [-0.3, -0.25) is 0 Å². The first-order chi connectivity index (χ1) is 10.4. The van der Waals surface area contributed by atoms with E-state index in [0.29, 0.717) is 0 Å². The second-order valence-corrected chi connectivity index (χ2v) is 10.4. The molecule has 0 bridgehead atoms. The second-order valence-electron chi connectivity index (χ2n) is 6.70. The summed E-state index contributed by atoms with van der Waals surface area (Å²) in [6.07, 6.45) is 18.7. The van der Waals surface area contributed by atoms with Gasteiger partial charge in [-0.05, 0) is 48.4 Å². The average Bonchev–Trinajstić information content (AvgIpc) is 3.07. The molecule has 3 rings (SSSR count). The highest BCUT2D eigenvalue weighted by atomic mass is 32.1. The topological polar surface area (TPSA) is 0 Å². The van der Waals surface area contributed by atoms with Crippen molar-refractivity contribution in [3.05, 3.63) is 34.3 Å². The molecule has 0 aliphatic heterocycles. The lowest BCUT2D eigenvalue weighted by Gasteiger charge is -2.36. The van der Waals surface area contributed by atoms with Crippen molar-refractivity contribution in [2.24, 2.45) is 0 Å². The molecule has 116 valence electrons. The minimum atomic E-state index is 0.145. The summed E-state index contributed by atoms with van der Waals surface area (Å²) in [4.78, 5) is 1.52. The van der Waals surface area contributed by atoms with Crippen molar-refractivity contribution in [3.8, 4) is 0 Å². The molecule has 2 aliphatic carbocycles. The maximum atomic E-state index is 2.70. The molecular formula is C19H29PS. The molecule has 2 fully saturated rings. The fourth-order valence-corrected chi connectivity index (χ4v) is 8.06. The zero-order chi connectivity index (χ0) is 14.3. The first kappa shape index (κ1) is 15.8. The van der Waals surface area contributed by atoms with Crippen molar-refractivity contribution in [1.82, 2.24) is 0 Å². The van der Waals surface area contributed by atoms with Crippen LogP contribution in [0.3, 0.4) is 0 Å². The lowest BCUT2D eigenvalue weighted by Crippen LogP contribution is -2.19. The fourth-order valence-electron chi connectivity index (χ4n) is 4.02. The summed E-state index contributed by atoms with van der Waals surface area (Å²) in [6, 6.07) is 4.46. The SMILES string of the molecule is C(=CP(C1CCCCC1)C1CCCCC1)Cc1cccs1. The smallest absolute Gasteiger partial charge is 0.00830 e. The zero-order valence-corrected chi connectivity index (χ0v) is 14.9. The van der Waals surface area contributed by atoms with Crippen LogP contribution in [0, 0.1) is 0 Å². The third kappa shape index (κ3) is 4.67. The lowest BCUT2D eigenvalue weighted by molar-refractivity contribution is 0.486. The highest BCUT2D eigenvalue weighted by Crippen LogP contribution is 2.56. The van der Waals surface area contributed by atoms with Gasteiger partial charge in [-0.25, -0.2) is 0 Å². The standard InChI is InChI=1S/C19H29PS/c1-3-9-17(10-4-1)20(18-11-5-2-6-12-18)15-7-13-19-14-8-16-21-19/h7-8,14-18H,1-6,9-13H2. The molecule has 0 aromatic carbocycles. The van der Waals surface area contributed by atoms with Crippen molar-refractivity contribution in [1.29, 1.82) is 0 Å². The van der Waals surface area contributed by atoms with Crippen LogP contribution in [0.15, 0.2) is 29.4 Å². The number of thiophene rings is 1. The first-order valence-corrected chi connectivity index (χ1v) is 11.3. The van der Waals surface area contributed by atoms with Crippen LogP contribution in [0.25, 0.3) is 0 Å². The van der Waals surface area contributed by atoms with Crippen LogP contribution in [0.2, 0.25) is 0 Å². The molecule has 0 saturated heterocycles. The summed E-state index contributed by atoms with van der Waals surface area (Å²) in [7, 11) is 0.145. The molecule has 0 unspecified atom stereocenters. The minimum Gasteiger partial charge on any atom is -0.149 e. The second kappa shape index (κ2) is 8.49. The summed E-state index contributed by atoms with van der Waals surface area (Å²) < 4.78 is 0. The molecule has 2 heteroatoms. The van der Waals surface area contributed by atoms with Crippen LogP contribution < -0.4 is 0 Å². The van der Waals surface area contributed by atoms with Gasteiger partial charge in [0.2, 0.25) is 0 Å². The molecule has 0 nitrogen and oxygen atoms in total. The largest absolute Gasteiger partial charge is 0.149 e. The molecule has 1 aromatic rings. The Bertz CT molecular complexity index is 393. The third-order valence-electron chi connectivity index (χ3n) is 5.17. The molecule has 0 amide bonds. The molecule has 21 heavy (non-hydrogen) atoms. The van der Waals surface area contributed by atoms with E-state index in [9.17, 15) is 0 Å². The van der Waals surface area contributed by atoms with Gasteiger partial charge < -0.3 is 0 Å². The van der Waals surface area contributed by atoms with Gasteiger partial charge in [0.15, 0.2) is 0 Å². The van der Waals surface area contributed by atoms with Crippen LogP contribution in [-0.2, 0) is 6.42 Å². The third-order valence-corrected chi connectivity index (χ3v) is 9.34. The quantitative estimate of drug-likeness (QED) is 0.515. The highest BCUT2D eigenvalue weighted by molar-refractivity contribution is 7.62. The summed E-state index contributed by atoms with van der Waals surface area (Å²) >= 11 is 1.90. The number of hydrogen-bond acceptors (Lipinski definition) is 1. The van der Waals surface area contributed by atoms with E-state index in [1.54, 1.807) is 0 Å². The molecule has 2 aliphatic rings. The van der Waals surface area contributed by atoms with E-state index in [0.717, 1.165) is 17.7 Å². The monoisotopic (exact) mass is 320 g/mol. The van der Waals surface area contributed by atoms with E-state index >= 15 is 0 Å². The van der Waals surface area contributed by atoms with Gasteiger partial charge in [0.05, 0.1) is 0 Å². The Morgan fingerprint density at radius 1 is 0.952 bits per heavy atom. The first-order valence-electron chi connectivity index (χ1n) is 8.90. The molecular weight excluding hydrogens is 291 g/mol. The van der Waals surface area contributed by atoms with Gasteiger partial charge >= 0.3 is 0 Å². The van der Waals surface area contributed by atoms with E-state index in [1.165, 1.54) is 69.1 Å². The molecule has 0 atom stereocenters. The van der Waals surface area contributed by atoms with Gasteiger partial charge in [-0.2, -0.15) is 0 Å². The van der Waals surface area contributed by atoms with Crippen molar-refractivity contribution >= 4 is 19.3 Å². The van der Waals surface area contributed by atoms with E-state index < -0.39 is 0 Å². The van der Waals surface area contributed by atoms with Gasteiger partial charge in [0, 0.05) is 11.3 Å². The molecule has 0 spiro atoms. The summed E-state index contributed by atoms with van der Waals surface area (Å²) in [5, 5.41) is 2.20. The van der Waals surface area contributed by atoms with Gasteiger partial charge in [0.25, 0.3) is 0 Å². The van der Waals surface area contributed by atoms with Crippen molar-refractivity contribution in [3.63, 3.8) is 0 Å². The van der Waals surface area contributed by atoms with Gasteiger partial charge in [-0.1, -0.05) is 64.4 Å². The van der Waals surface area contributed by atoms with E-state index in [2.05, 4.69) is 29.4 Å². The van der Waals surface area contributed by atoms with Crippen LogP contribution in [-0.4, -0.2) is 11.3 Å². The maximum absolute atomic E-state index is 2.70. The Kier molecular flexibility index (Phi) is 6.37. The van der Waals surface area contributed by atoms with Crippen LogP contribution in [0.5, 0.6) is 0 Å². The van der Waals surface area contributed by atoms with Gasteiger partial charge in [0.1, 0.15) is 0 Å². The van der Waals surface area contributed by atoms with E-state index in [-0.39, 0.29) is 7.92 Å². The summed E-state index contributed by atoms with van der Waals surface area (Å²) in [5.74, 6) is 2.70. The Morgan fingerprint density at radius 3 is 2.10 bits per heavy atom. The van der Waals surface area contributed by atoms with Crippen molar-refractivity contribution < 1.29 is 0 Å². The average molecular weight is 320 g/mol. The molecule has 1 heterocycles. The van der Waals surface area contributed by atoms with Crippen molar-refractivity contribution in [2.75, 3.05) is 0 Å². The van der Waals surface area contributed by atoms with Crippen molar-refractivity contribution in [2.45, 2.75) is 81.9 Å². The van der Waals surface area contributed by atoms with E-state index in [1.807, 2.05) is 11.3 Å². The van der Waals surface area contributed by atoms with Crippen LogP contribution in [0.1, 0.15) is 69.1 Å². The predicted octanol–water partition coefficient (Wildman–Crippen LogP) is 6.95. The highest BCUT2D eigenvalue weighted by Gasteiger charge is 2.29. The Balaban J connectivity index is 1.63.